The first kappa shape index (κ1) is 18.5. The number of aromatic nitrogens is 6. The van der Waals surface area contributed by atoms with E-state index in [0.717, 1.165) is 0 Å². The van der Waals surface area contributed by atoms with Crippen LogP contribution in [0.4, 0.5) is 5.82 Å². The molecule has 1 N–H and O–H groups in total. The minimum absolute atomic E-state index is 0.0414. The van der Waals surface area contributed by atoms with Gasteiger partial charge in [-0.3, -0.25) is 9.48 Å². The highest BCUT2D eigenvalue weighted by Gasteiger charge is 2.18. The summed E-state index contributed by atoms with van der Waals surface area (Å²) < 4.78 is 13.7. The number of hydrogen-bond acceptors (Lipinski definition) is 7. The van der Waals surface area contributed by atoms with Crippen LogP contribution in [0.3, 0.4) is 0 Å². The number of methoxy groups -OCH3 is 2. The monoisotopic (exact) mass is 371 g/mol. The summed E-state index contributed by atoms with van der Waals surface area (Å²) >= 11 is 0. The van der Waals surface area contributed by atoms with Crippen molar-refractivity contribution in [2.24, 2.45) is 7.05 Å². The standard InChI is InChI=1S/C17H21N7O3/c1-11(9-26-3)24-10-18-21-15(24)13-6-5-7-14(19-13)20-16(25)12-8-23(2)22-17(12)27-4/h5-8,10-11H,9H2,1-4H3,(H,19,20,25)/t11-/m1/s1. The van der Waals surface area contributed by atoms with Crippen LogP contribution in [-0.4, -0.2) is 56.3 Å². The van der Waals surface area contributed by atoms with Crippen LogP contribution in [0.5, 0.6) is 5.88 Å². The highest BCUT2D eigenvalue weighted by Crippen LogP contribution is 2.21. The molecule has 0 fully saturated rings. The Balaban J connectivity index is 1.84. The van der Waals surface area contributed by atoms with Gasteiger partial charge in [0.25, 0.3) is 5.91 Å². The molecule has 0 saturated heterocycles. The number of anilines is 1. The average molecular weight is 371 g/mol. The number of nitrogens with one attached hydrogen (secondary N) is 1. The van der Waals surface area contributed by atoms with E-state index >= 15 is 0 Å². The SMILES string of the molecule is COC[C@@H](C)n1cnnc1-c1cccc(NC(=O)c2cn(C)nc2OC)n1. The summed E-state index contributed by atoms with van der Waals surface area (Å²) in [7, 11) is 4.82. The van der Waals surface area contributed by atoms with Crippen LogP contribution in [0, 0.1) is 0 Å². The highest BCUT2D eigenvalue weighted by atomic mass is 16.5. The predicted molar refractivity (Wildman–Crippen MR) is 97.6 cm³/mol. The van der Waals surface area contributed by atoms with Gasteiger partial charge in [0.2, 0.25) is 5.88 Å². The van der Waals surface area contributed by atoms with E-state index < -0.39 is 0 Å². The smallest absolute Gasteiger partial charge is 0.263 e. The van der Waals surface area contributed by atoms with Gasteiger partial charge >= 0.3 is 0 Å². The minimum Gasteiger partial charge on any atom is -0.479 e. The molecule has 3 heterocycles. The summed E-state index contributed by atoms with van der Waals surface area (Å²) in [5.41, 5.74) is 0.912. The average Bonchev–Trinajstić information content (AvgIpc) is 3.28. The summed E-state index contributed by atoms with van der Waals surface area (Å²) in [6.07, 6.45) is 3.22. The quantitative estimate of drug-likeness (QED) is 0.671. The maximum Gasteiger partial charge on any atom is 0.263 e. The lowest BCUT2D eigenvalue weighted by Crippen LogP contribution is -2.14. The summed E-state index contributed by atoms with van der Waals surface area (Å²) in [5, 5.41) is 15.0. The molecule has 0 saturated carbocycles. The lowest BCUT2D eigenvalue weighted by Gasteiger charge is -2.14. The molecule has 0 bridgehead atoms. The normalized spacial score (nSPS) is 12.0. The van der Waals surface area contributed by atoms with Gasteiger partial charge in [0.15, 0.2) is 5.82 Å². The molecule has 1 atom stereocenters. The third kappa shape index (κ3) is 3.95. The second-order valence-corrected chi connectivity index (χ2v) is 5.95. The summed E-state index contributed by atoms with van der Waals surface area (Å²) in [5.74, 6) is 0.866. The molecule has 0 aromatic carbocycles. The molecule has 1 amide bonds. The Bertz CT molecular complexity index is 934. The van der Waals surface area contributed by atoms with Crippen molar-refractivity contribution in [2.45, 2.75) is 13.0 Å². The van der Waals surface area contributed by atoms with Crippen LogP contribution in [0.25, 0.3) is 11.5 Å². The molecule has 0 aliphatic rings. The van der Waals surface area contributed by atoms with Crippen molar-refractivity contribution in [1.82, 2.24) is 29.5 Å². The van der Waals surface area contributed by atoms with E-state index in [1.807, 2.05) is 11.5 Å². The molecule has 27 heavy (non-hydrogen) atoms. The van der Waals surface area contributed by atoms with Gasteiger partial charge in [-0.05, 0) is 19.1 Å². The molecule has 142 valence electrons. The third-order valence-electron chi connectivity index (χ3n) is 3.91. The van der Waals surface area contributed by atoms with E-state index in [4.69, 9.17) is 9.47 Å². The van der Waals surface area contributed by atoms with Crippen LogP contribution in [0.1, 0.15) is 23.3 Å². The molecule has 3 aromatic heterocycles. The first-order valence-electron chi connectivity index (χ1n) is 8.28. The number of hydrogen-bond donors (Lipinski definition) is 1. The topological polar surface area (TPSA) is 109 Å². The molecule has 3 rings (SSSR count). The Morgan fingerprint density at radius 1 is 1.33 bits per heavy atom. The van der Waals surface area contributed by atoms with E-state index in [9.17, 15) is 4.79 Å². The van der Waals surface area contributed by atoms with Crippen molar-refractivity contribution in [3.8, 4) is 17.4 Å². The molecular formula is C17H21N7O3. The minimum atomic E-state index is -0.362. The fourth-order valence-corrected chi connectivity index (χ4v) is 2.66. The fraction of sp³-hybridized carbons (Fsp3) is 0.353. The Hall–Kier alpha value is -3.27. The third-order valence-corrected chi connectivity index (χ3v) is 3.91. The summed E-state index contributed by atoms with van der Waals surface area (Å²) in [6.45, 7) is 2.51. The number of ether oxygens (including phenoxy) is 2. The van der Waals surface area contributed by atoms with E-state index in [0.29, 0.717) is 29.5 Å². The van der Waals surface area contributed by atoms with E-state index in [2.05, 4.69) is 25.6 Å². The van der Waals surface area contributed by atoms with Gasteiger partial charge in [-0.15, -0.1) is 15.3 Å². The first-order chi connectivity index (χ1) is 13.0. The zero-order valence-electron chi connectivity index (χ0n) is 15.6. The molecule has 0 aliphatic carbocycles. The molecule has 10 heteroatoms. The van der Waals surface area contributed by atoms with E-state index in [-0.39, 0.29) is 17.8 Å². The fourth-order valence-electron chi connectivity index (χ4n) is 2.66. The molecule has 10 nitrogen and oxygen atoms in total. The van der Waals surface area contributed by atoms with Crippen LogP contribution < -0.4 is 10.1 Å². The predicted octanol–water partition coefficient (Wildman–Crippen LogP) is 1.54. The second-order valence-electron chi connectivity index (χ2n) is 5.95. The lowest BCUT2D eigenvalue weighted by molar-refractivity contribution is 0.102. The lowest BCUT2D eigenvalue weighted by atomic mass is 10.3. The highest BCUT2D eigenvalue weighted by molar-refractivity contribution is 6.05. The zero-order chi connectivity index (χ0) is 19.4. The number of amides is 1. The number of aryl methyl sites for hydroxylation is 1. The molecule has 3 aromatic rings. The van der Waals surface area contributed by atoms with Gasteiger partial charge in [-0.25, -0.2) is 4.98 Å². The molecule has 0 aliphatic heterocycles. The van der Waals surface area contributed by atoms with Crippen molar-refractivity contribution in [2.75, 3.05) is 26.1 Å². The number of nitrogens with zero attached hydrogens (tertiary/aromatic N) is 6. The van der Waals surface area contributed by atoms with Crippen molar-refractivity contribution < 1.29 is 14.3 Å². The maximum atomic E-state index is 12.5. The Labute approximate surface area is 156 Å². The van der Waals surface area contributed by atoms with E-state index in [1.54, 1.807) is 44.9 Å². The Kier molecular flexibility index (Phi) is 5.46. The van der Waals surface area contributed by atoms with Crippen molar-refractivity contribution in [3.63, 3.8) is 0 Å². The maximum absolute atomic E-state index is 12.5. The molecular weight excluding hydrogens is 350 g/mol. The largest absolute Gasteiger partial charge is 0.479 e. The first-order valence-corrected chi connectivity index (χ1v) is 8.28. The van der Waals surface area contributed by atoms with Crippen LogP contribution >= 0.6 is 0 Å². The van der Waals surface area contributed by atoms with Gasteiger partial charge in [0.1, 0.15) is 23.4 Å². The Morgan fingerprint density at radius 3 is 2.89 bits per heavy atom. The number of rotatable bonds is 7. The van der Waals surface area contributed by atoms with Crippen molar-refractivity contribution in [3.05, 3.63) is 36.3 Å². The number of pyridine rings is 1. The molecule has 0 spiro atoms. The van der Waals surface area contributed by atoms with Gasteiger partial charge in [0, 0.05) is 20.4 Å². The van der Waals surface area contributed by atoms with Crippen LogP contribution in [0.15, 0.2) is 30.7 Å². The van der Waals surface area contributed by atoms with Crippen LogP contribution in [-0.2, 0) is 11.8 Å². The van der Waals surface area contributed by atoms with Crippen molar-refractivity contribution >= 4 is 11.7 Å². The van der Waals surface area contributed by atoms with Gasteiger partial charge in [-0.2, -0.15) is 0 Å². The van der Waals surface area contributed by atoms with Crippen molar-refractivity contribution in [1.29, 1.82) is 0 Å². The molecule has 0 radical (unpaired) electrons. The second kappa shape index (κ2) is 7.96. The number of carbonyl (C=O) groups excluding carboxylic acids is 1. The summed E-state index contributed by atoms with van der Waals surface area (Å²) in [4.78, 5) is 17.0. The zero-order valence-corrected chi connectivity index (χ0v) is 15.6. The van der Waals surface area contributed by atoms with Gasteiger partial charge < -0.3 is 19.4 Å². The van der Waals surface area contributed by atoms with E-state index in [1.165, 1.54) is 11.8 Å². The number of carbonyl (C=O) groups is 1. The Morgan fingerprint density at radius 2 is 2.15 bits per heavy atom. The molecule has 0 unspecified atom stereocenters. The van der Waals surface area contributed by atoms with Gasteiger partial charge in [-0.1, -0.05) is 6.07 Å². The van der Waals surface area contributed by atoms with Gasteiger partial charge in [0.05, 0.1) is 19.8 Å². The van der Waals surface area contributed by atoms with Crippen LogP contribution in [0.2, 0.25) is 0 Å². The summed E-state index contributed by atoms with van der Waals surface area (Å²) in [6, 6.07) is 5.34.